The lowest BCUT2D eigenvalue weighted by atomic mass is 10.1. The van der Waals surface area contributed by atoms with E-state index in [-0.39, 0.29) is 0 Å². The molecule has 1 aromatic carbocycles. The topological polar surface area (TPSA) is 67.6 Å². The number of nitrogens with one attached hydrogen (secondary N) is 1. The minimum Gasteiger partial charge on any atom is -0.326 e. The summed E-state index contributed by atoms with van der Waals surface area (Å²) in [6.45, 7) is 0.549. The van der Waals surface area contributed by atoms with Crippen molar-refractivity contribution in [2.75, 3.05) is 0 Å². The fraction of sp³-hybridized carbons (Fsp3) is 0.333. The van der Waals surface area contributed by atoms with Crippen LogP contribution >= 0.6 is 0 Å². The molecular weight excluding hydrogens is 200 g/mol. The molecule has 0 amide bonds. The van der Waals surface area contributed by atoms with Gasteiger partial charge in [-0.25, -0.2) is 4.98 Å². The molecule has 1 aromatic heterocycles. The summed E-state index contributed by atoms with van der Waals surface area (Å²) in [6, 6.07) is 8.06. The van der Waals surface area contributed by atoms with Gasteiger partial charge in [0.2, 0.25) is 0 Å². The van der Waals surface area contributed by atoms with E-state index in [1.807, 2.05) is 24.3 Å². The Kier molecular flexibility index (Phi) is 2.22. The molecule has 2 aromatic rings. The van der Waals surface area contributed by atoms with Gasteiger partial charge in [0, 0.05) is 18.0 Å². The second-order valence-corrected chi connectivity index (χ2v) is 4.22. The summed E-state index contributed by atoms with van der Waals surface area (Å²) in [5.74, 6) is 2.41. The van der Waals surface area contributed by atoms with E-state index >= 15 is 0 Å². The summed E-state index contributed by atoms with van der Waals surface area (Å²) in [7, 11) is 0. The number of nitrogens with two attached hydrogens (primary N) is 1. The normalized spacial score (nSPS) is 15.3. The van der Waals surface area contributed by atoms with Gasteiger partial charge in [-0.15, -0.1) is 0 Å². The van der Waals surface area contributed by atoms with E-state index in [0.29, 0.717) is 12.5 Å². The van der Waals surface area contributed by atoms with Crippen molar-refractivity contribution in [3.63, 3.8) is 0 Å². The highest BCUT2D eigenvalue weighted by atomic mass is 15.2. The number of aromatic amines is 1. The lowest BCUT2D eigenvalue weighted by Gasteiger charge is -1.98. The zero-order valence-electron chi connectivity index (χ0n) is 8.98. The molecule has 16 heavy (non-hydrogen) atoms. The van der Waals surface area contributed by atoms with E-state index in [0.717, 1.165) is 22.8 Å². The van der Waals surface area contributed by atoms with Crippen molar-refractivity contribution in [1.29, 1.82) is 0 Å². The van der Waals surface area contributed by atoms with Crippen LogP contribution in [0.1, 0.15) is 30.1 Å². The lowest BCUT2D eigenvalue weighted by Crippen LogP contribution is -1.96. The number of aromatic nitrogens is 3. The average Bonchev–Trinajstić information content (AvgIpc) is 3.07. The number of H-pyrrole nitrogens is 1. The third-order valence-corrected chi connectivity index (χ3v) is 2.89. The van der Waals surface area contributed by atoms with Crippen LogP contribution < -0.4 is 5.73 Å². The maximum atomic E-state index is 5.61. The minimum absolute atomic E-state index is 0.549. The van der Waals surface area contributed by atoms with Crippen molar-refractivity contribution < 1.29 is 0 Å². The van der Waals surface area contributed by atoms with Gasteiger partial charge >= 0.3 is 0 Å². The number of benzene rings is 1. The third-order valence-electron chi connectivity index (χ3n) is 2.89. The molecule has 82 valence electrons. The fourth-order valence-electron chi connectivity index (χ4n) is 1.78. The molecule has 1 saturated carbocycles. The highest BCUT2D eigenvalue weighted by molar-refractivity contribution is 5.55. The summed E-state index contributed by atoms with van der Waals surface area (Å²) < 4.78 is 0. The Morgan fingerprint density at radius 2 is 2.25 bits per heavy atom. The van der Waals surface area contributed by atoms with Gasteiger partial charge in [-0.1, -0.05) is 18.2 Å². The molecule has 1 aliphatic carbocycles. The van der Waals surface area contributed by atoms with Crippen LogP contribution in [0.5, 0.6) is 0 Å². The Labute approximate surface area is 93.9 Å². The minimum atomic E-state index is 0.549. The first-order valence-electron chi connectivity index (χ1n) is 5.58. The maximum Gasteiger partial charge on any atom is 0.181 e. The molecule has 4 heteroatoms. The van der Waals surface area contributed by atoms with Crippen molar-refractivity contribution in [2.45, 2.75) is 25.3 Å². The van der Waals surface area contributed by atoms with E-state index in [4.69, 9.17) is 5.73 Å². The highest BCUT2D eigenvalue weighted by Crippen LogP contribution is 2.38. The van der Waals surface area contributed by atoms with Crippen molar-refractivity contribution in [3.8, 4) is 11.4 Å². The molecule has 0 bridgehead atoms. The number of nitrogens with zero attached hydrogens (tertiary/aromatic N) is 2. The van der Waals surface area contributed by atoms with Gasteiger partial charge < -0.3 is 5.73 Å². The van der Waals surface area contributed by atoms with E-state index in [9.17, 15) is 0 Å². The summed E-state index contributed by atoms with van der Waals surface area (Å²) in [4.78, 5) is 4.51. The van der Waals surface area contributed by atoms with Gasteiger partial charge in [0.05, 0.1) is 0 Å². The Balaban J connectivity index is 1.93. The predicted molar refractivity (Wildman–Crippen MR) is 61.7 cm³/mol. The first kappa shape index (κ1) is 9.54. The van der Waals surface area contributed by atoms with Gasteiger partial charge in [0.15, 0.2) is 5.82 Å². The fourth-order valence-corrected chi connectivity index (χ4v) is 1.78. The largest absolute Gasteiger partial charge is 0.326 e. The Morgan fingerprint density at radius 1 is 1.38 bits per heavy atom. The first-order valence-corrected chi connectivity index (χ1v) is 5.58. The Hall–Kier alpha value is -1.68. The first-order chi connectivity index (χ1) is 7.86. The third kappa shape index (κ3) is 1.72. The van der Waals surface area contributed by atoms with E-state index < -0.39 is 0 Å². The zero-order chi connectivity index (χ0) is 11.0. The molecule has 0 atom stereocenters. The predicted octanol–water partition coefficient (Wildman–Crippen LogP) is 1.81. The van der Waals surface area contributed by atoms with Crippen LogP contribution in [-0.2, 0) is 6.54 Å². The van der Waals surface area contributed by atoms with E-state index in [1.165, 1.54) is 12.8 Å². The standard InChI is InChI=1S/C12H14N4/c13-7-8-2-1-3-10(6-8)12-14-11(15-16-12)9-4-5-9/h1-3,6,9H,4-5,7,13H2,(H,14,15,16). The molecule has 0 spiro atoms. The second-order valence-electron chi connectivity index (χ2n) is 4.22. The van der Waals surface area contributed by atoms with Gasteiger partial charge in [0.25, 0.3) is 0 Å². The summed E-state index contributed by atoms with van der Waals surface area (Å²) >= 11 is 0. The number of rotatable bonds is 3. The molecule has 4 nitrogen and oxygen atoms in total. The van der Waals surface area contributed by atoms with Crippen LogP contribution in [0.2, 0.25) is 0 Å². The molecule has 0 saturated heterocycles. The van der Waals surface area contributed by atoms with E-state index in [1.54, 1.807) is 0 Å². The van der Waals surface area contributed by atoms with Crippen LogP contribution in [0, 0.1) is 0 Å². The van der Waals surface area contributed by atoms with Crippen LogP contribution in [0.4, 0.5) is 0 Å². The summed E-state index contributed by atoms with van der Waals surface area (Å²) in [5.41, 5.74) is 7.75. The quantitative estimate of drug-likeness (QED) is 0.818. The molecular formula is C12H14N4. The van der Waals surface area contributed by atoms with Crippen molar-refractivity contribution >= 4 is 0 Å². The summed E-state index contributed by atoms with van der Waals surface area (Å²) in [5, 5.41) is 7.26. The van der Waals surface area contributed by atoms with Gasteiger partial charge in [-0.2, -0.15) is 5.10 Å². The molecule has 1 fully saturated rings. The van der Waals surface area contributed by atoms with Crippen LogP contribution in [-0.4, -0.2) is 15.2 Å². The van der Waals surface area contributed by atoms with Crippen LogP contribution in [0.3, 0.4) is 0 Å². The second kappa shape index (κ2) is 3.72. The average molecular weight is 214 g/mol. The SMILES string of the molecule is NCc1cccc(-c2n[nH]c(C3CC3)n2)c1. The molecule has 0 radical (unpaired) electrons. The lowest BCUT2D eigenvalue weighted by molar-refractivity contribution is 0.935. The molecule has 0 unspecified atom stereocenters. The van der Waals surface area contributed by atoms with E-state index in [2.05, 4.69) is 15.2 Å². The molecule has 3 N–H and O–H groups in total. The molecule has 0 aliphatic heterocycles. The van der Waals surface area contributed by atoms with Gasteiger partial charge in [-0.05, 0) is 24.5 Å². The monoisotopic (exact) mass is 214 g/mol. The number of hydrogen-bond acceptors (Lipinski definition) is 3. The smallest absolute Gasteiger partial charge is 0.181 e. The van der Waals surface area contributed by atoms with Crippen LogP contribution in [0.25, 0.3) is 11.4 Å². The Bertz CT molecular complexity index is 499. The van der Waals surface area contributed by atoms with Crippen LogP contribution in [0.15, 0.2) is 24.3 Å². The number of hydrogen-bond donors (Lipinski definition) is 2. The Morgan fingerprint density at radius 3 is 3.00 bits per heavy atom. The van der Waals surface area contributed by atoms with Gasteiger partial charge in [-0.3, -0.25) is 5.10 Å². The molecule has 1 heterocycles. The molecule has 3 rings (SSSR count). The van der Waals surface area contributed by atoms with Crippen molar-refractivity contribution in [1.82, 2.24) is 15.2 Å². The summed E-state index contributed by atoms with van der Waals surface area (Å²) in [6.07, 6.45) is 2.47. The molecule has 1 aliphatic rings. The highest BCUT2D eigenvalue weighted by Gasteiger charge is 2.27. The van der Waals surface area contributed by atoms with Crippen molar-refractivity contribution in [2.24, 2.45) is 5.73 Å². The zero-order valence-corrected chi connectivity index (χ0v) is 8.98. The van der Waals surface area contributed by atoms with Crippen molar-refractivity contribution in [3.05, 3.63) is 35.7 Å². The van der Waals surface area contributed by atoms with Gasteiger partial charge in [0.1, 0.15) is 5.82 Å². The maximum absolute atomic E-state index is 5.61.